The fourth-order valence-electron chi connectivity index (χ4n) is 6.49. The van der Waals surface area contributed by atoms with Crippen LogP contribution in [0.15, 0.2) is 41.8 Å². The van der Waals surface area contributed by atoms with Crippen LogP contribution in [0.2, 0.25) is 0 Å². The maximum atomic E-state index is 13.3. The first kappa shape index (κ1) is 29.7. The molecular weight excluding hydrogens is 583 g/mol. The Morgan fingerprint density at radius 3 is 2.53 bits per heavy atom. The molecule has 2 bridgehead atoms. The van der Waals surface area contributed by atoms with E-state index in [1.165, 1.54) is 17.4 Å². The van der Waals surface area contributed by atoms with Gasteiger partial charge in [-0.25, -0.2) is 4.98 Å². The lowest BCUT2D eigenvalue weighted by atomic mass is 9.85. The molecule has 1 aromatic heterocycles. The van der Waals surface area contributed by atoms with Crippen molar-refractivity contribution in [3.8, 4) is 22.8 Å². The average molecular weight is 618 g/mol. The minimum atomic E-state index is -4.84. The number of anilines is 1. The van der Waals surface area contributed by atoms with Crippen LogP contribution < -0.4 is 14.4 Å². The number of thiazole rings is 1. The predicted octanol–water partition coefficient (Wildman–Crippen LogP) is 5.98. The van der Waals surface area contributed by atoms with Gasteiger partial charge in [-0.1, -0.05) is 23.8 Å². The lowest BCUT2D eigenvalue weighted by molar-refractivity contribution is -0.275. The number of nitrogens with zero attached hydrogens (tertiary/aromatic N) is 3. The van der Waals surface area contributed by atoms with Crippen LogP contribution in [0.25, 0.3) is 11.3 Å². The molecule has 6 rings (SSSR count). The molecule has 2 aliphatic heterocycles. The fourth-order valence-corrected chi connectivity index (χ4v) is 7.34. The van der Waals surface area contributed by atoms with Crippen LogP contribution in [0, 0.1) is 24.7 Å². The highest BCUT2D eigenvalue weighted by Crippen LogP contribution is 2.44. The van der Waals surface area contributed by atoms with Gasteiger partial charge >= 0.3 is 12.3 Å². The SMILES string of the molecule is Cc1ccc(OCc2ccc(CN3CCOCC3)cc2OC(F)(F)F)c(-c2csc(N3CC4CC[C@H](C3)C4C(=O)O)n2)c1. The number of carbonyl (C=O) groups is 1. The Labute approximate surface area is 252 Å². The second-order valence-electron chi connectivity index (χ2n) is 11.5. The van der Waals surface area contributed by atoms with Gasteiger partial charge in [0.15, 0.2) is 5.13 Å². The Hall–Kier alpha value is -3.35. The monoisotopic (exact) mass is 617 g/mol. The highest BCUT2D eigenvalue weighted by Gasteiger charge is 2.46. The topological polar surface area (TPSA) is 84.4 Å². The molecule has 2 aromatic carbocycles. The Bertz CT molecular complexity index is 1440. The van der Waals surface area contributed by atoms with E-state index in [0.29, 0.717) is 44.3 Å². The summed E-state index contributed by atoms with van der Waals surface area (Å²) < 4.78 is 55.9. The number of rotatable bonds is 9. The summed E-state index contributed by atoms with van der Waals surface area (Å²) in [6.45, 7) is 6.31. The number of carboxylic acids is 1. The van der Waals surface area contributed by atoms with Crippen molar-refractivity contribution in [3.05, 3.63) is 58.5 Å². The molecule has 3 atom stereocenters. The third-order valence-electron chi connectivity index (χ3n) is 8.54. The lowest BCUT2D eigenvalue weighted by Crippen LogP contribution is -2.44. The van der Waals surface area contributed by atoms with Gasteiger partial charge in [-0.05, 0) is 55.4 Å². The Balaban J connectivity index is 1.19. The van der Waals surface area contributed by atoms with Gasteiger partial charge in [-0.3, -0.25) is 9.69 Å². The van der Waals surface area contributed by atoms with E-state index in [0.717, 1.165) is 47.8 Å². The number of piperidine rings is 1. The normalized spacial score (nSPS) is 22.5. The van der Waals surface area contributed by atoms with Crippen molar-refractivity contribution in [2.75, 3.05) is 44.3 Å². The quantitative estimate of drug-likeness (QED) is 0.314. The summed E-state index contributed by atoms with van der Waals surface area (Å²) in [6, 6.07) is 10.5. The molecular formula is C31H34F3N3O5S. The van der Waals surface area contributed by atoms with Crippen LogP contribution in [-0.2, 0) is 22.7 Å². The van der Waals surface area contributed by atoms with Crippen LogP contribution >= 0.6 is 11.3 Å². The Morgan fingerprint density at radius 1 is 1.09 bits per heavy atom. The Morgan fingerprint density at radius 2 is 1.84 bits per heavy atom. The van der Waals surface area contributed by atoms with E-state index in [2.05, 4.69) is 14.5 Å². The number of carboxylic acid groups (broad SMARTS) is 1. The van der Waals surface area contributed by atoms with Crippen molar-refractivity contribution < 1.29 is 37.3 Å². The summed E-state index contributed by atoms with van der Waals surface area (Å²) in [5.74, 6) is -0.523. The number of alkyl halides is 3. The maximum Gasteiger partial charge on any atom is 0.573 e. The molecule has 3 aromatic rings. The van der Waals surface area contributed by atoms with Crippen molar-refractivity contribution in [1.82, 2.24) is 9.88 Å². The van der Waals surface area contributed by atoms with Crippen LogP contribution in [0.4, 0.5) is 18.3 Å². The number of halogens is 3. The summed E-state index contributed by atoms with van der Waals surface area (Å²) in [7, 11) is 0. The number of morpholine rings is 1. The number of aryl methyl sites for hydroxylation is 1. The first-order chi connectivity index (χ1) is 20.6. The predicted molar refractivity (Wildman–Crippen MR) is 155 cm³/mol. The van der Waals surface area contributed by atoms with Crippen LogP contribution in [0.3, 0.4) is 0 Å². The van der Waals surface area contributed by atoms with Gasteiger partial charge < -0.3 is 24.2 Å². The van der Waals surface area contributed by atoms with E-state index >= 15 is 0 Å². The van der Waals surface area contributed by atoms with Crippen molar-refractivity contribution in [3.63, 3.8) is 0 Å². The van der Waals surface area contributed by atoms with E-state index in [1.807, 2.05) is 24.4 Å². The summed E-state index contributed by atoms with van der Waals surface area (Å²) >= 11 is 1.50. The van der Waals surface area contributed by atoms with Gasteiger partial charge in [0.05, 0.1) is 24.8 Å². The molecule has 3 fully saturated rings. The van der Waals surface area contributed by atoms with E-state index < -0.39 is 12.3 Å². The number of hydrogen-bond donors (Lipinski definition) is 1. The van der Waals surface area contributed by atoms with Crippen LogP contribution in [0.1, 0.15) is 29.5 Å². The number of hydrogen-bond acceptors (Lipinski definition) is 8. The van der Waals surface area contributed by atoms with Crippen molar-refractivity contribution >= 4 is 22.4 Å². The zero-order valence-electron chi connectivity index (χ0n) is 23.8. The third kappa shape index (κ3) is 6.91. The van der Waals surface area contributed by atoms with Crippen molar-refractivity contribution in [2.24, 2.45) is 17.8 Å². The molecule has 0 radical (unpaired) electrons. The van der Waals surface area contributed by atoms with E-state index in [9.17, 15) is 23.1 Å². The first-order valence-electron chi connectivity index (χ1n) is 14.5. The lowest BCUT2D eigenvalue weighted by Gasteiger charge is -2.35. The number of aromatic nitrogens is 1. The molecule has 2 unspecified atom stereocenters. The largest absolute Gasteiger partial charge is 0.573 e. The van der Waals surface area contributed by atoms with Crippen LogP contribution in [-0.4, -0.2) is 66.7 Å². The first-order valence-corrected chi connectivity index (χ1v) is 15.4. The molecule has 0 spiro atoms. The summed E-state index contributed by atoms with van der Waals surface area (Å²) in [5.41, 5.74) is 3.44. The van der Waals surface area contributed by atoms with E-state index in [1.54, 1.807) is 18.2 Å². The van der Waals surface area contributed by atoms with Crippen molar-refractivity contribution in [1.29, 1.82) is 0 Å². The fraction of sp³-hybridized carbons (Fsp3) is 0.484. The smallest absolute Gasteiger partial charge is 0.488 e. The molecule has 12 heteroatoms. The Kier molecular flexibility index (Phi) is 8.52. The number of benzene rings is 2. The number of fused-ring (bicyclic) bond motifs is 2. The molecule has 43 heavy (non-hydrogen) atoms. The van der Waals surface area contributed by atoms with Gasteiger partial charge in [0.2, 0.25) is 0 Å². The summed E-state index contributed by atoms with van der Waals surface area (Å²) in [4.78, 5) is 21.0. The van der Waals surface area contributed by atoms with Crippen LogP contribution in [0.5, 0.6) is 11.5 Å². The molecule has 3 aliphatic rings. The van der Waals surface area contributed by atoms with E-state index in [-0.39, 0.29) is 35.7 Å². The van der Waals surface area contributed by atoms with Gasteiger partial charge in [0.25, 0.3) is 0 Å². The van der Waals surface area contributed by atoms with Crippen molar-refractivity contribution in [2.45, 2.75) is 39.3 Å². The minimum absolute atomic E-state index is 0.120. The average Bonchev–Trinajstić information content (AvgIpc) is 3.56. The standard InChI is InChI=1S/C31H34F3N3O5S/c1-19-2-7-26(24(12-19)25-18-43-30(35-25)37-15-21-5-6-22(16-37)28(21)29(38)39)41-17-23-4-3-20(13-27(23)42-31(32,33)34)14-36-8-10-40-11-9-36/h2-4,7,12-13,18,21-22,28H,5-6,8-11,14-17H2,1H3,(H,38,39)/t21-,22?,28?/m1/s1. The maximum absolute atomic E-state index is 13.3. The van der Waals surface area contributed by atoms with Gasteiger partial charge in [-0.2, -0.15) is 0 Å². The second-order valence-corrected chi connectivity index (χ2v) is 12.4. The van der Waals surface area contributed by atoms with Gasteiger partial charge in [-0.15, -0.1) is 24.5 Å². The number of aliphatic carboxylic acids is 1. The number of ether oxygens (including phenoxy) is 3. The summed E-state index contributed by atoms with van der Waals surface area (Å²) in [5, 5.41) is 12.4. The summed E-state index contributed by atoms with van der Waals surface area (Å²) in [6.07, 6.45) is -3.00. The van der Waals surface area contributed by atoms with E-state index in [4.69, 9.17) is 14.5 Å². The molecule has 3 heterocycles. The molecule has 0 amide bonds. The molecule has 1 aliphatic carbocycles. The molecule has 1 saturated carbocycles. The molecule has 1 N–H and O–H groups in total. The molecule has 8 nitrogen and oxygen atoms in total. The van der Waals surface area contributed by atoms with Gasteiger partial charge in [0.1, 0.15) is 18.1 Å². The molecule has 230 valence electrons. The van der Waals surface area contributed by atoms with Gasteiger partial charge in [0, 0.05) is 49.2 Å². The highest BCUT2D eigenvalue weighted by atomic mass is 32.1. The molecule has 2 saturated heterocycles. The second kappa shape index (κ2) is 12.3. The zero-order valence-corrected chi connectivity index (χ0v) is 24.6. The zero-order chi connectivity index (χ0) is 30.1. The third-order valence-corrected chi connectivity index (χ3v) is 9.44. The highest BCUT2D eigenvalue weighted by molar-refractivity contribution is 7.14. The minimum Gasteiger partial charge on any atom is -0.488 e.